The Kier molecular flexibility index (Phi) is 4.02. The number of hydrogen-bond acceptors (Lipinski definition) is 3. The lowest BCUT2D eigenvalue weighted by Crippen LogP contribution is -2.04. The van der Waals surface area contributed by atoms with Crippen molar-refractivity contribution < 1.29 is 9.47 Å². The van der Waals surface area contributed by atoms with Crippen molar-refractivity contribution in [3.8, 4) is 22.9 Å². The molecule has 2 heterocycles. The van der Waals surface area contributed by atoms with Crippen LogP contribution in [0.2, 0.25) is 0 Å². The third kappa shape index (κ3) is 2.91. The highest BCUT2D eigenvalue weighted by atomic mass is 79.9. The van der Waals surface area contributed by atoms with Gasteiger partial charge in [-0.3, -0.25) is 0 Å². The molecule has 0 saturated carbocycles. The number of rotatable bonds is 3. The van der Waals surface area contributed by atoms with Gasteiger partial charge in [0.2, 0.25) is 0 Å². The summed E-state index contributed by atoms with van der Waals surface area (Å²) in [5.74, 6) is 2.52. The van der Waals surface area contributed by atoms with Gasteiger partial charge in [0.1, 0.15) is 30.5 Å². The van der Waals surface area contributed by atoms with Crippen molar-refractivity contribution in [3.05, 3.63) is 64.4 Å². The molecule has 3 aromatic rings. The summed E-state index contributed by atoms with van der Waals surface area (Å²) in [5.41, 5.74) is 3.13. The molecule has 0 spiro atoms. The molecule has 24 heavy (non-hydrogen) atoms. The molecule has 5 heteroatoms. The van der Waals surface area contributed by atoms with Gasteiger partial charge in [-0.2, -0.15) is 0 Å². The predicted molar refractivity (Wildman–Crippen MR) is 96.4 cm³/mol. The minimum absolute atomic E-state index is 0.520. The zero-order valence-corrected chi connectivity index (χ0v) is 14.9. The van der Waals surface area contributed by atoms with Crippen LogP contribution in [0.3, 0.4) is 0 Å². The van der Waals surface area contributed by atoms with Crippen LogP contribution in [0.25, 0.3) is 11.4 Å². The number of imidazole rings is 1. The fourth-order valence-electron chi connectivity index (χ4n) is 2.86. The summed E-state index contributed by atoms with van der Waals surface area (Å²) < 4.78 is 14.9. The maximum atomic E-state index is 5.97. The van der Waals surface area contributed by atoms with Crippen LogP contribution in [0.4, 0.5) is 0 Å². The number of aryl methyl sites for hydroxylation is 1. The molecule has 0 unspecified atom stereocenters. The average molecular weight is 385 g/mol. The van der Waals surface area contributed by atoms with Gasteiger partial charge in [0.25, 0.3) is 0 Å². The fraction of sp³-hybridized carbons (Fsp3) is 0.211. The van der Waals surface area contributed by atoms with E-state index in [9.17, 15) is 0 Å². The molecule has 4 rings (SSSR count). The van der Waals surface area contributed by atoms with Crippen molar-refractivity contribution in [3.63, 3.8) is 0 Å². The van der Waals surface area contributed by atoms with Crippen molar-refractivity contribution in [2.24, 2.45) is 0 Å². The Labute approximate surface area is 149 Å². The number of benzene rings is 2. The van der Waals surface area contributed by atoms with Crippen LogP contribution in [0.1, 0.15) is 11.3 Å². The Morgan fingerprint density at radius 2 is 2.08 bits per heavy atom. The number of aromatic nitrogens is 2. The third-order valence-corrected chi connectivity index (χ3v) is 4.62. The molecule has 1 aromatic heterocycles. The van der Waals surface area contributed by atoms with E-state index in [1.165, 1.54) is 0 Å². The maximum absolute atomic E-state index is 5.97. The van der Waals surface area contributed by atoms with Crippen LogP contribution in [0.15, 0.2) is 53.1 Å². The highest BCUT2D eigenvalue weighted by Crippen LogP contribution is 2.40. The summed E-state index contributed by atoms with van der Waals surface area (Å²) in [5, 5.41) is 0. The van der Waals surface area contributed by atoms with Gasteiger partial charge in [-0.05, 0) is 34.5 Å². The molecule has 0 atom stereocenters. The second-order valence-corrected chi connectivity index (χ2v) is 6.66. The number of nitrogens with zero attached hydrogens (tertiary/aromatic N) is 2. The molecule has 0 bridgehead atoms. The zero-order valence-electron chi connectivity index (χ0n) is 13.3. The normalized spacial score (nSPS) is 12.8. The zero-order chi connectivity index (χ0) is 16.5. The van der Waals surface area contributed by atoms with E-state index in [-0.39, 0.29) is 0 Å². The first-order chi connectivity index (χ1) is 11.7. The summed E-state index contributed by atoms with van der Waals surface area (Å²) in [6, 6.07) is 14.1. The first kappa shape index (κ1) is 15.3. The SMILES string of the molecule is Cc1cn2c(n1)-c1cc(Br)c(OCc3ccccc3)cc1OCC2. The molecule has 1 aliphatic rings. The second kappa shape index (κ2) is 6.32. The van der Waals surface area contributed by atoms with Crippen LogP contribution in [0.5, 0.6) is 11.5 Å². The minimum Gasteiger partial charge on any atom is -0.491 e. The topological polar surface area (TPSA) is 36.3 Å². The largest absolute Gasteiger partial charge is 0.491 e. The number of ether oxygens (including phenoxy) is 2. The molecule has 0 saturated heterocycles. The van der Waals surface area contributed by atoms with Crippen LogP contribution in [-0.2, 0) is 13.2 Å². The molecule has 2 aromatic carbocycles. The van der Waals surface area contributed by atoms with E-state index in [0.717, 1.165) is 45.2 Å². The van der Waals surface area contributed by atoms with Crippen molar-refractivity contribution in [1.29, 1.82) is 0 Å². The lowest BCUT2D eigenvalue weighted by Gasteiger charge is -2.13. The van der Waals surface area contributed by atoms with Gasteiger partial charge in [0.05, 0.1) is 22.3 Å². The van der Waals surface area contributed by atoms with E-state index in [2.05, 4.69) is 31.7 Å². The smallest absolute Gasteiger partial charge is 0.144 e. The van der Waals surface area contributed by atoms with E-state index < -0.39 is 0 Å². The van der Waals surface area contributed by atoms with E-state index in [1.54, 1.807) is 0 Å². The first-order valence-electron chi connectivity index (χ1n) is 7.88. The van der Waals surface area contributed by atoms with E-state index in [1.807, 2.05) is 49.4 Å². The average Bonchev–Trinajstić information content (AvgIpc) is 2.88. The van der Waals surface area contributed by atoms with Crippen LogP contribution >= 0.6 is 15.9 Å². The Bertz CT molecular complexity index is 875. The van der Waals surface area contributed by atoms with Crippen LogP contribution in [0, 0.1) is 6.92 Å². The van der Waals surface area contributed by atoms with Crippen molar-refractivity contribution in [2.45, 2.75) is 20.1 Å². The molecule has 122 valence electrons. The predicted octanol–water partition coefficient (Wildman–Crippen LogP) is 4.59. The Morgan fingerprint density at radius 3 is 2.92 bits per heavy atom. The second-order valence-electron chi connectivity index (χ2n) is 5.80. The van der Waals surface area contributed by atoms with Gasteiger partial charge in [-0.15, -0.1) is 0 Å². The van der Waals surface area contributed by atoms with E-state index in [0.29, 0.717) is 13.2 Å². The van der Waals surface area contributed by atoms with Gasteiger partial charge in [-0.25, -0.2) is 4.98 Å². The highest BCUT2D eigenvalue weighted by molar-refractivity contribution is 9.10. The molecular weight excluding hydrogens is 368 g/mol. The minimum atomic E-state index is 0.520. The molecule has 0 aliphatic carbocycles. The summed E-state index contributed by atoms with van der Waals surface area (Å²) >= 11 is 3.62. The number of hydrogen-bond donors (Lipinski definition) is 0. The molecule has 4 nitrogen and oxygen atoms in total. The third-order valence-electron chi connectivity index (χ3n) is 4.00. The monoisotopic (exact) mass is 384 g/mol. The molecule has 1 aliphatic heterocycles. The van der Waals surface area contributed by atoms with Gasteiger partial charge < -0.3 is 14.0 Å². The number of halogens is 1. The first-order valence-corrected chi connectivity index (χ1v) is 8.67. The Balaban J connectivity index is 1.66. The van der Waals surface area contributed by atoms with Gasteiger partial charge in [0.15, 0.2) is 0 Å². The maximum Gasteiger partial charge on any atom is 0.144 e. The van der Waals surface area contributed by atoms with Crippen molar-refractivity contribution in [1.82, 2.24) is 9.55 Å². The van der Waals surface area contributed by atoms with Gasteiger partial charge >= 0.3 is 0 Å². The summed E-state index contributed by atoms with van der Waals surface area (Å²) in [7, 11) is 0. The van der Waals surface area contributed by atoms with Gasteiger partial charge in [0, 0.05) is 12.3 Å². The van der Waals surface area contributed by atoms with Crippen molar-refractivity contribution in [2.75, 3.05) is 6.61 Å². The summed E-state index contributed by atoms with van der Waals surface area (Å²) in [6.07, 6.45) is 2.06. The van der Waals surface area contributed by atoms with E-state index in [4.69, 9.17) is 9.47 Å². The van der Waals surface area contributed by atoms with Crippen molar-refractivity contribution >= 4 is 15.9 Å². The Hall–Kier alpha value is -2.27. The molecular formula is C19H17BrN2O2. The molecule has 0 radical (unpaired) electrons. The standard InChI is InChI=1S/C19H17BrN2O2/c1-13-11-22-7-8-23-17-10-18(16(20)9-15(17)19(22)21-13)24-12-14-5-3-2-4-6-14/h2-6,9-11H,7-8,12H2,1H3. The molecule has 0 N–H and O–H groups in total. The summed E-state index contributed by atoms with van der Waals surface area (Å²) in [4.78, 5) is 4.64. The van der Waals surface area contributed by atoms with Crippen LogP contribution in [-0.4, -0.2) is 16.2 Å². The van der Waals surface area contributed by atoms with Crippen LogP contribution < -0.4 is 9.47 Å². The fourth-order valence-corrected chi connectivity index (χ4v) is 3.32. The Morgan fingerprint density at radius 1 is 1.25 bits per heavy atom. The molecule has 0 fully saturated rings. The van der Waals surface area contributed by atoms with E-state index >= 15 is 0 Å². The number of fused-ring (bicyclic) bond motifs is 3. The molecule has 0 amide bonds. The summed E-state index contributed by atoms with van der Waals surface area (Å²) in [6.45, 7) is 3.94. The quantitative estimate of drug-likeness (QED) is 0.662. The lowest BCUT2D eigenvalue weighted by molar-refractivity contribution is 0.290. The lowest BCUT2D eigenvalue weighted by atomic mass is 10.1. The highest BCUT2D eigenvalue weighted by Gasteiger charge is 2.20. The van der Waals surface area contributed by atoms with Gasteiger partial charge in [-0.1, -0.05) is 30.3 Å².